The van der Waals surface area contributed by atoms with Gasteiger partial charge in [-0.25, -0.2) is 0 Å². The molecular formula is C28H56N2. The van der Waals surface area contributed by atoms with Crippen LogP contribution in [0.2, 0.25) is 0 Å². The van der Waals surface area contributed by atoms with Gasteiger partial charge in [-0.15, -0.1) is 0 Å². The molecule has 1 aliphatic rings. The molecule has 2 nitrogen and oxygen atoms in total. The zero-order chi connectivity index (χ0) is 21.7. The molecule has 1 rings (SSSR count). The quantitative estimate of drug-likeness (QED) is 0.161. The lowest BCUT2D eigenvalue weighted by Gasteiger charge is -2.30. The van der Waals surface area contributed by atoms with Gasteiger partial charge in [0.25, 0.3) is 0 Å². The third-order valence-electron chi connectivity index (χ3n) is 6.93. The van der Waals surface area contributed by atoms with Crippen molar-refractivity contribution in [2.45, 2.75) is 155 Å². The van der Waals surface area contributed by atoms with Crippen molar-refractivity contribution < 1.29 is 0 Å². The zero-order valence-corrected chi connectivity index (χ0v) is 21.2. The summed E-state index contributed by atoms with van der Waals surface area (Å²) in [7, 11) is 2.26. The Morgan fingerprint density at radius 3 is 1.37 bits per heavy atom. The lowest BCUT2D eigenvalue weighted by atomic mass is 10.0. The second kappa shape index (κ2) is 20.3. The molecule has 0 bridgehead atoms. The maximum absolute atomic E-state index is 2.61. The van der Waals surface area contributed by atoms with Gasteiger partial charge in [0.15, 0.2) is 0 Å². The van der Waals surface area contributed by atoms with Crippen LogP contribution in [0.3, 0.4) is 0 Å². The second-order valence-corrected chi connectivity index (χ2v) is 9.83. The van der Waals surface area contributed by atoms with Gasteiger partial charge in [0, 0.05) is 26.0 Å². The highest BCUT2D eigenvalue weighted by Crippen LogP contribution is 2.21. The topological polar surface area (TPSA) is 6.48 Å². The fraction of sp³-hybridized carbons (Fsp3) is 0.929. The molecule has 0 amide bonds. The molecule has 0 aromatic rings. The lowest BCUT2D eigenvalue weighted by Crippen LogP contribution is -2.37. The van der Waals surface area contributed by atoms with Gasteiger partial charge in [0.2, 0.25) is 0 Å². The fourth-order valence-corrected chi connectivity index (χ4v) is 4.81. The molecule has 0 aromatic heterocycles. The van der Waals surface area contributed by atoms with Gasteiger partial charge in [0.05, 0.1) is 0 Å². The Balaban J connectivity index is 1.96. The summed E-state index contributed by atoms with van der Waals surface area (Å²) in [6.07, 6.45) is 35.2. The van der Waals surface area contributed by atoms with Gasteiger partial charge in [-0.2, -0.15) is 0 Å². The largest absolute Gasteiger partial charge is 0.359 e. The summed E-state index contributed by atoms with van der Waals surface area (Å²) in [5.41, 5.74) is 0. The molecule has 0 N–H and O–H groups in total. The number of unbranched alkanes of at least 4 members (excludes halogenated alkanes) is 18. The Kier molecular flexibility index (Phi) is 18.5. The normalized spacial score (nSPS) is 16.2. The van der Waals surface area contributed by atoms with Crippen LogP contribution in [0.4, 0.5) is 0 Å². The van der Waals surface area contributed by atoms with Gasteiger partial charge >= 0.3 is 0 Å². The maximum Gasteiger partial charge on any atom is 0.100 e. The highest BCUT2D eigenvalue weighted by molar-refractivity contribution is 4.95. The van der Waals surface area contributed by atoms with Crippen LogP contribution < -0.4 is 0 Å². The summed E-state index contributed by atoms with van der Waals surface area (Å²) >= 11 is 0. The van der Waals surface area contributed by atoms with Crippen molar-refractivity contribution in [1.82, 2.24) is 9.80 Å². The van der Waals surface area contributed by atoms with Gasteiger partial charge in [-0.3, -0.25) is 0 Å². The number of nitrogens with zero attached hydrogens (tertiary/aromatic N) is 2. The Labute approximate surface area is 190 Å². The van der Waals surface area contributed by atoms with E-state index in [2.05, 4.69) is 43.1 Å². The molecule has 1 atom stereocenters. The molecule has 0 saturated carbocycles. The lowest BCUT2D eigenvalue weighted by molar-refractivity contribution is 0.159. The van der Waals surface area contributed by atoms with E-state index >= 15 is 0 Å². The van der Waals surface area contributed by atoms with Crippen molar-refractivity contribution >= 4 is 0 Å². The first kappa shape index (κ1) is 27.4. The summed E-state index contributed by atoms with van der Waals surface area (Å²) < 4.78 is 0. The van der Waals surface area contributed by atoms with Crippen molar-refractivity contribution in [3.8, 4) is 0 Å². The van der Waals surface area contributed by atoms with E-state index in [1.165, 1.54) is 141 Å². The zero-order valence-electron chi connectivity index (χ0n) is 21.2. The van der Waals surface area contributed by atoms with E-state index in [0.29, 0.717) is 6.17 Å². The molecule has 1 heterocycles. The first-order valence-corrected chi connectivity index (χ1v) is 14.0. The predicted octanol–water partition coefficient (Wildman–Crippen LogP) is 9.26. The minimum absolute atomic E-state index is 0.623. The minimum atomic E-state index is 0.623. The minimum Gasteiger partial charge on any atom is -0.359 e. The molecule has 0 aliphatic carbocycles. The van der Waals surface area contributed by atoms with E-state index in [4.69, 9.17) is 0 Å². The Morgan fingerprint density at radius 1 is 0.500 bits per heavy atom. The SMILES string of the molecule is CCCCCCCCCCCCC1N(C)C=CN1CCCCCCCCCCCC. The molecule has 2 heteroatoms. The number of rotatable bonds is 22. The van der Waals surface area contributed by atoms with Crippen molar-refractivity contribution in [1.29, 1.82) is 0 Å². The molecule has 178 valence electrons. The molecule has 1 unspecified atom stereocenters. The van der Waals surface area contributed by atoms with Gasteiger partial charge < -0.3 is 9.80 Å². The standard InChI is InChI=1S/C28H56N2/c1-4-6-8-10-12-14-16-18-20-22-24-28-29(3)26-27-30(28)25-23-21-19-17-15-13-11-9-7-5-2/h26-28H,4-25H2,1-3H3. The molecule has 30 heavy (non-hydrogen) atoms. The van der Waals surface area contributed by atoms with Gasteiger partial charge in [0.1, 0.15) is 6.17 Å². The van der Waals surface area contributed by atoms with Gasteiger partial charge in [-0.1, -0.05) is 129 Å². The second-order valence-electron chi connectivity index (χ2n) is 9.83. The molecule has 0 saturated heterocycles. The van der Waals surface area contributed by atoms with Crippen LogP contribution in [-0.4, -0.2) is 29.6 Å². The molecule has 1 aliphatic heterocycles. The van der Waals surface area contributed by atoms with Crippen LogP contribution in [0.25, 0.3) is 0 Å². The van der Waals surface area contributed by atoms with E-state index in [0.717, 1.165) is 0 Å². The molecule has 0 radical (unpaired) electrons. The number of hydrogen-bond donors (Lipinski definition) is 0. The van der Waals surface area contributed by atoms with Crippen LogP contribution >= 0.6 is 0 Å². The van der Waals surface area contributed by atoms with Crippen LogP contribution in [-0.2, 0) is 0 Å². The Morgan fingerprint density at radius 2 is 0.900 bits per heavy atom. The summed E-state index contributed by atoms with van der Waals surface area (Å²) in [6.45, 7) is 5.85. The summed E-state index contributed by atoms with van der Waals surface area (Å²) in [6, 6.07) is 0. The third-order valence-corrected chi connectivity index (χ3v) is 6.93. The first-order valence-electron chi connectivity index (χ1n) is 14.0. The highest BCUT2D eigenvalue weighted by atomic mass is 15.4. The van der Waals surface area contributed by atoms with Crippen LogP contribution in [0.15, 0.2) is 12.4 Å². The van der Waals surface area contributed by atoms with Crippen LogP contribution in [0.1, 0.15) is 149 Å². The Hall–Kier alpha value is -0.660. The fourth-order valence-electron chi connectivity index (χ4n) is 4.81. The molecule has 0 fully saturated rings. The summed E-state index contributed by atoms with van der Waals surface area (Å²) in [5.74, 6) is 0. The van der Waals surface area contributed by atoms with Crippen molar-refractivity contribution in [2.24, 2.45) is 0 Å². The average Bonchev–Trinajstić information content (AvgIpc) is 3.10. The van der Waals surface area contributed by atoms with Crippen molar-refractivity contribution in [3.05, 3.63) is 12.4 Å². The van der Waals surface area contributed by atoms with Crippen LogP contribution in [0, 0.1) is 0 Å². The number of hydrogen-bond acceptors (Lipinski definition) is 2. The first-order chi connectivity index (χ1) is 14.8. The molecular weight excluding hydrogens is 364 g/mol. The van der Waals surface area contributed by atoms with E-state index in [1.54, 1.807) is 0 Å². The average molecular weight is 421 g/mol. The van der Waals surface area contributed by atoms with Gasteiger partial charge in [-0.05, 0) is 19.3 Å². The third kappa shape index (κ3) is 14.4. The van der Waals surface area contributed by atoms with Crippen molar-refractivity contribution in [2.75, 3.05) is 13.6 Å². The molecule has 0 aromatic carbocycles. The van der Waals surface area contributed by atoms with E-state index in [9.17, 15) is 0 Å². The highest BCUT2D eigenvalue weighted by Gasteiger charge is 2.22. The van der Waals surface area contributed by atoms with Crippen LogP contribution in [0.5, 0.6) is 0 Å². The monoisotopic (exact) mass is 420 g/mol. The van der Waals surface area contributed by atoms with E-state index in [1.807, 2.05) is 0 Å². The predicted molar refractivity (Wildman–Crippen MR) is 136 cm³/mol. The molecule has 0 spiro atoms. The maximum atomic E-state index is 2.61. The summed E-state index contributed by atoms with van der Waals surface area (Å²) in [4.78, 5) is 5.04. The van der Waals surface area contributed by atoms with E-state index < -0.39 is 0 Å². The summed E-state index contributed by atoms with van der Waals surface area (Å²) in [5, 5.41) is 0. The van der Waals surface area contributed by atoms with Crippen molar-refractivity contribution in [3.63, 3.8) is 0 Å². The smallest absolute Gasteiger partial charge is 0.100 e. The Bertz CT molecular complexity index is 379. The van der Waals surface area contributed by atoms with E-state index in [-0.39, 0.29) is 0 Å².